The molecule has 4 nitrogen and oxygen atoms in total. The van der Waals surface area contributed by atoms with Crippen molar-refractivity contribution >= 4 is 33.2 Å². The van der Waals surface area contributed by atoms with Gasteiger partial charge in [0.25, 0.3) is 0 Å². The van der Waals surface area contributed by atoms with Crippen LogP contribution in [0.5, 0.6) is 0 Å². The van der Waals surface area contributed by atoms with Crippen LogP contribution in [-0.2, 0) is 27.5 Å². The number of carbonyl (C=O) groups excluding carboxylic acids is 1. The van der Waals surface area contributed by atoms with Crippen LogP contribution in [0.1, 0.15) is 17.5 Å². The Balaban J connectivity index is 1.60. The van der Waals surface area contributed by atoms with E-state index in [-0.39, 0.29) is 10.8 Å². The van der Waals surface area contributed by atoms with E-state index < -0.39 is 9.84 Å². The first-order valence-corrected chi connectivity index (χ1v) is 10.6. The van der Waals surface area contributed by atoms with E-state index in [1.165, 1.54) is 41.4 Å². The molecule has 24 heavy (non-hydrogen) atoms. The summed E-state index contributed by atoms with van der Waals surface area (Å²) in [7, 11) is -3.28. The van der Waals surface area contributed by atoms with Crippen molar-refractivity contribution in [2.24, 2.45) is 0 Å². The molecule has 0 radical (unpaired) electrons. The van der Waals surface area contributed by atoms with Crippen LogP contribution in [0.2, 0.25) is 0 Å². The minimum Gasteiger partial charge on any atom is -0.325 e. The van der Waals surface area contributed by atoms with E-state index >= 15 is 0 Å². The lowest BCUT2D eigenvalue weighted by Crippen LogP contribution is -2.14. The molecule has 6 heteroatoms. The van der Waals surface area contributed by atoms with Crippen LogP contribution in [-0.4, -0.2) is 26.3 Å². The van der Waals surface area contributed by atoms with Gasteiger partial charge in [0.05, 0.1) is 10.6 Å². The quantitative estimate of drug-likeness (QED) is 0.830. The molecule has 1 aliphatic rings. The van der Waals surface area contributed by atoms with Gasteiger partial charge in [-0.3, -0.25) is 4.79 Å². The number of nitrogens with one attached hydrogen (secondary N) is 1. The van der Waals surface area contributed by atoms with Gasteiger partial charge in [-0.25, -0.2) is 8.42 Å². The number of rotatable bonds is 5. The molecule has 0 heterocycles. The topological polar surface area (TPSA) is 63.2 Å². The van der Waals surface area contributed by atoms with Gasteiger partial charge < -0.3 is 5.32 Å². The number of hydrogen-bond donors (Lipinski definition) is 1. The molecule has 1 N–H and O–H groups in total. The van der Waals surface area contributed by atoms with E-state index in [0.29, 0.717) is 11.4 Å². The SMILES string of the molecule is CS(=O)(=O)c1cccc(NC(=O)CSc2ccc3c(c2)CCC3)c1. The summed E-state index contributed by atoms with van der Waals surface area (Å²) in [5.74, 6) is 0.146. The first kappa shape index (κ1) is 17.0. The van der Waals surface area contributed by atoms with Crippen LogP contribution < -0.4 is 5.32 Å². The molecule has 3 rings (SSSR count). The Hall–Kier alpha value is -1.79. The highest BCUT2D eigenvalue weighted by Gasteiger charge is 2.12. The minimum absolute atomic E-state index is 0.147. The number of sulfone groups is 1. The van der Waals surface area contributed by atoms with Gasteiger partial charge >= 0.3 is 0 Å². The summed E-state index contributed by atoms with van der Waals surface area (Å²) in [5.41, 5.74) is 3.31. The summed E-state index contributed by atoms with van der Waals surface area (Å²) in [4.78, 5) is 13.4. The Morgan fingerprint density at radius 1 is 1.12 bits per heavy atom. The number of carbonyl (C=O) groups is 1. The molecule has 0 unspecified atom stereocenters. The molecule has 0 spiro atoms. The monoisotopic (exact) mass is 361 g/mol. The van der Waals surface area contributed by atoms with Crippen LogP contribution in [0.25, 0.3) is 0 Å². The average Bonchev–Trinajstić information content (AvgIpc) is 3.00. The number of anilines is 1. The Morgan fingerprint density at radius 2 is 1.92 bits per heavy atom. The summed E-state index contributed by atoms with van der Waals surface area (Å²) in [5, 5.41) is 2.75. The molecule has 126 valence electrons. The molecule has 2 aromatic carbocycles. The van der Waals surface area contributed by atoms with Crippen LogP contribution in [0.3, 0.4) is 0 Å². The molecule has 2 aromatic rings. The molecule has 0 aliphatic heterocycles. The largest absolute Gasteiger partial charge is 0.325 e. The summed E-state index contributed by atoms with van der Waals surface area (Å²) < 4.78 is 23.1. The molecule has 0 aromatic heterocycles. The normalized spacial score (nSPS) is 13.5. The van der Waals surface area contributed by atoms with Crippen LogP contribution in [0, 0.1) is 0 Å². The third kappa shape index (κ3) is 4.19. The molecular formula is C18H19NO3S2. The number of benzene rings is 2. The zero-order chi connectivity index (χ0) is 17.2. The summed E-state index contributed by atoms with van der Waals surface area (Å²) in [6, 6.07) is 12.7. The van der Waals surface area contributed by atoms with E-state index in [2.05, 4.69) is 23.5 Å². The van der Waals surface area contributed by atoms with Gasteiger partial charge in [0.15, 0.2) is 9.84 Å². The Kier molecular flexibility index (Phi) is 4.96. The molecule has 0 bridgehead atoms. The van der Waals surface area contributed by atoms with Crippen molar-refractivity contribution < 1.29 is 13.2 Å². The van der Waals surface area contributed by atoms with E-state index in [1.54, 1.807) is 12.1 Å². The number of fused-ring (bicyclic) bond motifs is 1. The fraction of sp³-hybridized carbons (Fsp3) is 0.278. The zero-order valence-electron chi connectivity index (χ0n) is 13.4. The second-order valence-corrected chi connectivity index (χ2v) is 8.99. The van der Waals surface area contributed by atoms with Gasteiger partial charge in [-0.05, 0) is 60.7 Å². The second-order valence-electron chi connectivity index (χ2n) is 5.92. The maximum atomic E-state index is 12.1. The van der Waals surface area contributed by atoms with E-state index in [0.717, 1.165) is 24.0 Å². The van der Waals surface area contributed by atoms with Crippen molar-refractivity contribution in [1.29, 1.82) is 0 Å². The standard InChI is InChI=1S/C18H19NO3S2/c1-24(21,22)17-7-3-6-15(11-17)19-18(20)12-23-16-9-8-13-4-2-5-14(13)10-16/h3,6-11H,2,4-5,12H2,1H3,(H,19,20). The minimum atomic E-state index is -3.28. The van der Waals surface area contributed by atoms with Gasteiger partial charge in [-0.1, -0.05) is 12.1 Å². The lowest BCUT2D eigenvalue weighted by molar-refractivity contribution is -0.113. The first-order valence-electron chi connectivity index (χ1n) is 7.76. The van der Waals surface area contributed by atoms with Crippen LogP contribution in [0.15, 0.2) is 52.3 Å². The lowest BCUT2D eigenvalue weighted by atomic mass is 10.1. The van der Waals surface area contributed by atoms with Gasteiger partial charge in [0.2, 0.25) is 5.91 Å². The highest BCUT2D eigenvalue weighted by molar-refractivity contribution is 8.00. The highest BCUT2D eigenvalue weighted by atomic mass is 32.2. The molecular weight excluding hydrogens is 342 g/mol. The van der Waals surface area contributed by atoms with E-state index in [4.69, 9.17) is 0 Å². The summed E-state index contributed by atoms with van der Waals surface area (Å²) in [6.45, 7) is 0. The average molecular weight is 361 g/mol. The predicted molar refractivity (Wildman–Crippen MR) is 97.4 cm³/mol. The fourth-order valence-electron chi connectivity index (χ4n) is 2.79. The van der Waals surface area contributed by atoms with Gasteiger partial charge in [0.1, 0.15) is 0 Å². The molecule has 1 amide bonds. The second kappa shape index (κ2) is 6.99. The third-order valence-electron chi connectivity index (χ3n) is 3.99. The number of hydrogen-bond acceptors (Lipinski definition) is 4. The molecule has 1 aliphatic carbocycles. The molecule has 0 fully saturated rings. The lowest BCUT2D eigenvalue weighted by Gasteiger charge is -2.08. The van der Waals surface area contributed by atoms with Gasteiger partial charge in [0, 0.05) is 16.8 Å². The number of thioether (sulfide) groups is 1. The Labute approximate surface area is 146 Å². The Bertz CT molecular complexity index is 876. The van der Waals surface area contributed by atoms with Crippen LogP contribution >= 0.6 is 11.8 Å². The Morgan fingerprint density at radius 3 is 2.71 bits per heavy atom. The summed E-state index contributed by atoms with van der Waals surface area (Å²) >= 11 is 1.49. The van der Waals surface area contributed by atoms with Crippen molar-refractivity contribution in [3.8, 4) is 0 Å². The van der Waals surface area contributed by atoms with Gasteiger partial charge in [-0.2, -0.15) is 0 Å². The highest BCUT2D eigenvalue weighted by Crippen LogP contribution is 2.27. The van der Waals surface area contributed by atoms with Crippen molar-refractivity contribution in [3.05, 3.63) is 53.6 Å². The summed E-state index contributed by atoms with van der Waals surface area (Å²) in [6.07, 6.45) is 4.63. The maximum absolute atomic E-state index is 12.1. The fourth-order valence-corrected chi connectivity index (χ4v) is 4.22. The van der Waals surface area contributed by atoms with E-state index in [9.17, 15) is 13.2 Å². The predicted octanol–water partition coefficient (Wildman–Crippen LogP) is 3.31. The van der Waals surface area contributed by atoms with Crippen molar-refractivity contribution in [1.82, 2.24) is 0 Å². The van der Waals surface area contributed by atoms with Gasteiger partial charge in [-0.15, -0.1) is 11.8 Å². The molecule has 0 saturated heterocycles. The number of amides is 1. The van der Waals surface area contributed by atoms with Crippen molar-refractivity contribution in [2.45, 2.75) is 29.1 Å². The smallest absolute Gasteiger partial charge is 0.234 e. The number of aryl methyl sites for hydroxylation is 2. The molecule has 0 atom stereocenters. The maximum Gasteiger partial charge on any atom is 0.234 e. The molecule has 0 saturated carbocycles. The van der Waals surface area contributed by atoms with Crippen molar-refractivity contribution in [2.75, 3.05) is 17.3 Å². The zero-order valence-corrected chi connectivity index (χ0v) is 15.0. The van der Waals surface area contributed by atoms with Crippen LogP contribution in [0.4, 0.5) is 5.69 Å². The van der Waals surface area contributed by atoms with E-state index in [1.807, 2.05) is 0 Å². The first-order chi connectivity index (χ1) is 11.4. The van der Waals surface area contributed by atoms with Crippen molar-refractivity contribution in [3.63, 3.8) is 0 Å². The third-order valence-corrected chi connectivity index (χ3v) is 6.09.